The Labute approximate surface area is 159 Å². The minimum absolute atomic E-state index is 0.0739. The summed E-state index contributed by atoms with van der Waals surface area (Å²) in [6.45, 7) is 2.91. The minimum atomic E-state index is -0.243. The highest BCUT2D eigenvalue weighted by atomic mass is 16.3. The van der Waals surface area contributed by atoms with Gasteiger partial charge in [0.2, 0.25) is 0 Å². The summed E-state index contributed by atoms with van der Waals surface area (Å²) in [7, 11) is 0. The summed E-state index contributed by atoms with van der Waals surface area (Å²) in [6.07, 6.45) is 7.76. The van der Waals surface area contributed by atoms with Crippen LogP contribution in [0.25, 0.3) is 0 Å². The predicted molar refractivity (Wildman–Crippen MR) is 103 cm³/mol. The molecule has 1 atom stereocenters. The molecule has 0 bridgehead atoms. The third-order valence-electron chi connectivity index (χ3n) is 4.54. The Morgan fingerprint density at radius 2 is 2.04 bits per heavy atom. The number of aliphatic hydroxyl groups is 1. The molecular weight excluding hydrogens is 340 g/mol. The molecule has 140 valence electrons. The van der Waals surface area contributed by atoms with Crippen LogP contribution in [0.3, 0.4) is 0 Å². The summed E-state index contributed by atoms with van der Waals surface area (Å²) < 4.78 is 1.82. The lowest BCUT2D eigenvalue weighted by atomic mass is 10.1. The molecule has 0 aliphatic rings. The third-order valence-corrected chi connectivity index (χ3v) is 4.54. The molecule has 0 radical (unpaired) electrons. The maximum atomic E-state index is 13.2. The highest BCUT2D eigenvalue weighted by molar-refractivity contribution is 5.94. The second-order valence-electron chi connectivity index (χ2n) is 6.44. The van der Waals surface area contributed by atoms with E-state index in [9.17, 15) is 9.90 Å². The van der Waals surface area contributed by atoms with Crippen molar-refractivity contribution >= 4 is 5.91 Å². The molecule has 6 nitrogen and oxygen atoms in total. The van der Waals surface area contributed by atoms with E-state index >= 15 is 0 Å². The molecule has 1 aromatic carbocycles. The van der Waals surface area contributed by atoms with Crippen molar-refractivity contribution in [1.82, 2.24) is 19.7 Å². The zero-order valence-corrected chi connectivity index (χ0v) is 15.4. The number of pyridine rings is 1. The largest absolute Gasteiger partial charge is 0.394 e. The lowest BCUT2D eigenvalue weighted by Crippen LogP contribution is -2.41. The molecule has 27 heavy (non-hydrogen) atoms. The number of carbonyl (C=O) groups excluding carboxylic acids is 1. The predicted octanol–water partition coefficient (Wildman–Crippen LogP) is 2.74. The van der Waals surface area contributed by atoms with Gasteiger partial charge in [0.15, 0.2) is 0 Å². The average molecular weight is 364 g/mol. The standard InChI is InChI=1S/C21H24N4O2/c1-2-20(16-26)25(15-18-7-4-9-22-13-18)21(27)19-8-3-6-17(12-19)14-24-11-5-10-23-24/h3-13,20,26H,2,14-16H2,1H3/t20-/m0/s1. The number of nitrogens with zero attached hydrogens (tertiary/aromatic N) is 4. The van der Waals surface area contributed by atoms with Crippen LogP contribution in [0.1, 0.15) is 34.8 Å². The van der Waals surface area contributed by atoms with Gasteiger partial charge in [-0.3, -0.25) is 14.5 Å². The van der Waals surface area contributed by atoms with Crippen molar-refractivity contribution in [2.45, 2.75) is 32.5 Å². The van der Waals surface area contributed by atoms with Crippen molar-refractivity contribution in [3.05, 3.63) is 83.9 Å². The van der Waals surface area contributed by atoms with Crippen molar-refractivity contribution in [3.8, 4) is 0 Å². The van der Waals surface area contributed by atoms with Crippen LogP contribution in [0.15, 0.2) is 67.3 Å². The molecule has 2 aromatic heterocycles. The average Bonchev–Trinajstić information content (AvgIpc) is 3.21. The van der Waals surface area contributed by atoms with Gasteiger partial charge in [-0.05, 0) is 41.8 Å². The van der Waals surface area contributed by atoms with Gasteiger partial charge in [-0.2, -0.15) is 5.10 Å². The molecule has 0 aliphatic heterocycles. The van der Waals surface area contributed by atoms with Crippen molar-refractivity contribution < 1.29 is 9.90 Å². The quantitative estimate of drug-likeness (QED) is 0.667. The van der Waals surface area contributed by atoms with E-state index in [1.165, 1.54) is 0 Å². The van der Waals surface area contributed by atoms with Crippen LogP contribution in [0.5, 0.6) is 0 Å². The first-order valence-corrected chi connectivity index (χ1v) is 9.08. The molecular formula is C21H24N4O2. The Morgan fingerprint density at radius 3 is 2.70 bits per heavy atom. The summed E-state index contributed by atoms with van der Waals surface area (Å²) in [5.41, 5.74) is 2.55. The SMILES string of the molecule is CC[C@@H](CO)N(Cc1cccnc1)C(=O)c1cccc(Cn2cccn2)c1. The van der Waals surface area contributed by atoms with Gasteiger partial charge in [0.1, 0.15) is 0 Å². The lowest BCUT2D eigenvalue weighted by molar-refractivity contribution is 0.0563. The first kappa shape index (κ1) is 18.8. The third kappa shape index (κ3) is 4.80. The van der Waals surface area contributed by atoms with Gasteiger partial charge in [0, 0.05) is 36.9 Å². The number of rotatable bonds is 8. The van der Waals surface area contributed by atoms with E-state index in [0.29, 0.717) is 25.1 Å². The van der Waals surface area contributed by atoms with Crippen LogP contribution < -0.4 is 0 Å². The number of hydrogen-bond donors (Lipinski definition) is 1. The minimum Gasteiger partial charge on any atom is -0.394 e. The van der Waals surface area contributed by atoms with Gasteiger partial charge in [0.05, 0.1) is 19.2 Å². The van der Waals surface area contributed by atoms with Crippen molar-refractivity contribution in [1.29, 1.82) is 0 Å². The van der Waals surface area contributed by atoms with E-state index in [1.54, 1.807) is 23.5 Å². The molecule has 0 unspecified atom stereocenters. The van der Waals surface area contributed by atoms with Gasteiger partial charge in [-0.15, -0.1) is 0 Å². The first-order valence-electron chi connectivity index (χ1n) is 9.08. The van der Waals surface area contributed by atoms with Gasteiger partial charge < -0.3 is 10.0 Å². The molecule has 0 fully saturated rings. The van der Waals surface area contributed by atoms with Gasteiger partial charge in [-0.1, -0.05) is 25.1 Å². The zero-order chi connectivity index (χ0) is 19.1. The molecule has 0 saturated carbocycles. The lowest BCUT2D eigenvalue weighted by Gasteiger charge is -2.30. The number of aromatic nitrogens is 3. The van der Waals surface area contributed by atoms with Crippen LogP contribution in [0.4, 0.5) is 0 Å². The first-order chi connectivity index (χ1) is 13.2. The highest BCUT2D eigenvalue weighted by Crippen LogP contribution is 2.16. The fourth-order valence-corrected chi connectivity index (χ4v) is 3.05. The van der Waals surface area contributed by atoms with Crippen molar-refractivity contribution in [2.24, 2.45) is 0 Å². The molecule has 3 rings (SSSR count). The fraction of sp³-hybridized carbons (Fsp3) is 0.286. The van der Waals surface area contributed by atoms with Gasteiger partial charge in [-0.25, -0.2) is 0 Å². The summed E-state index contributed by atoms with van der Waals surface area (Å²) in [4.78, 5) is 19.1. The summed E-state index contributed by atoms with van der Waals surface area (Å²) in [5.74, 6) is -0.0953. The molecule has 1 amide bonds. The molecule has 3 aromatic rings. The van der Waals surface area contributed by atoms with Gasteiger partial charge in [0.25, 0.3) is 5.91 Å². The van der Waals surface area contributed by atoms with E-state index < -0.39 is 0 Å². The highest BCUT2D eigenvalue weighted by Gasteiger charge is 2.23. The number of benzene rings is 1. The van der Waals surface area contributed by atoms with Crippen LogP contribution in [-0.2, 0) is 13.1 Å². The molecule has 6 heteroatoms. The second kappa shape index (κ2) is 9.09. The Balaban J connectivity index is 1.84. The van der Waals surface area contributed by atoms with Crippen LogP contribution in [-0.4, -0.2) is 43.3 Å². The number of carbonyl (C=O) groups is 1. The molecule has 0 spiro atoms. The van der Waals surface area contributed by atoms with E-state index in [2.05, 4.69) is 10.1 Å². The van der Waals surface area contributed by atoms with Crippen molar-refractivity contribution in [2.75, 3.05) is 6.61 Å². The van der Waals surface area contributed by atoms with E-state index in [1.807, 2.05) is 60.3 Å². The van der Waals surface area contributed by atoms with E-state index in [-0.39, 0.29) is 18.6 Å². The molecule has 0 aliphatic carbocycles. The fourth-order valence-electron chi connectivity index (χ4n) is 3.05. The van der Waals surface area contributed by atoms with Crippen molar-refractivity contribution in [3.63, 3.8) is 0 Å². The topological polar surface area (TPSA) is 71.2 Å². The molecule has 0 saturated heterocycles. The Hall–Kier alpha value is -2.99. The van der Waals surface area contributed by atoms with Gasteiger partial charge >= 0.3 is 0 Å². The molecule has 2 heterocycles. The zero-order valence-electron chi connectivity index (χ0n) is 15.4. The Morgan fingerprint density at radius 1 is 1.19 bits per heavy atom. The Bertz CT molecular complexity index is 846. The van der Waals surface area contributed by atoms with Crippen LogP contribution >= 0.6 is 0 Å². The second-order valence-corrected chi connectivity index (χ2v) is 6.44. The maximum Gasteiger partial charge on any atom is 0.254 e. The van der Waals surface area contributed by atoms with Crippen LogP contribution in [0, 0.1) is 0 Å². The van der Waals surface area contributed by atoms with Crippen LogP contribution in [0.2, 0.25) is 0 Å². The monoisotopic (exact) mass is 364 g/mol. The number of hydrogen-bond acceptors (Lipinski definition) is 4. The molecule has 1 N–H and O–H groups in total. The number of aliphatic hydroxyl groups excluding tert-OH is 1. The van der Waals surface area contributed by atoms with E-state index in [0.717, 1.165) is 11.1 Å². The summed E-state index contributed by atoms with van der Waals surface area (Å²) in [6, 6.07) is 13.0. The smallest absolute Gasteiger partial charge is 0.254 e. The number of amides is 1. The van der Waals surface area contributed by atoms with E-state index in [4.69, 9.17) is 0 Å². The summed E-state index contributed by atoms with van der Waals surface area (Å²) >= 11 is 0. The maximum absolute atomic E-state index is 13.2. The Kier molecular flexibility index (Phi) is 6.33. The summed E-state index contributed by atoms with van der Waals surface area (Å²) in [5, 5.41) is 14.0. The normalized spacial score (nSPS) is 11.9.